The van der Waals surface area contributed by atoms with Crippen LogP contribution in [-0.4, -0.2) is 15.4 Å². The third-order valence-electron chi connectivity index (χ3n) is 1.30. The van der Waals surface area contributed by atoms with Crippen molar-refractivity contribution in [3.63, 3.8) is 0 Å². The summed E-state index contributed by atoms with van der Waals surface area (Å²) < 4.78 is 4.86. The molecule has 0 fully saturated rings. The van der Waals surface area contributed by atoms with Gasteiger partial charge in [0, 0.05) is 0 Å². The fraction of sp³-hybridized carbons (Fsp3) is 0. The first-order valence-corrected chi connectivity index (χ1v) is 2.83. The Morgan fingerprint density at radius 1 is 1.70 bits per heavy atom. The molecule has 0 aliphatic carbocycles. The Kier molecular flexibility index (Phi) is 0.887. The second-order valence-corrected chi connectivity index (χ2v) is 1.88. The standard InChI is InChI=1S/C6H5N3O/c1-2-4-6-5(10-9-4)3-7-8-6/h2-3H,1H2,(H,7,8). The molecule has 2 heterocycles. The lowest BCUT2D eigenvalue weighted by atomic mass is 10.4. The largest absolute Gasteiger partial charge is 0.352 e. The Labute approximate surface area is 56.5 Å². The first-order valence-electron chi connectivity index (χ1n) is 2.83. The van der Waals surface area contributed by atoms with Crippen LogP contribution in [0.3, 0.4) is 0 Å². The Morgan fingerprint density at radius 2 is 2.60 bits per heavy atom. The van der Waals surface area contributed by atoms with E-state index < -0.39 is 0 Å². The maximum absolute atomic E-state index is 4.86. The van der Waals surface area contributed by atoms with Crippen LogP contribution in [0.5, 0.6) is 0 Å². The van der Waals surface area contributed by atoms with Crippen molar-refractivity contribution in [1.29, 1.82) is 0 Å². The SMILES string of the molecule is C=Cc1noc2cn[nH]c12. The van der Waals surface area contributed by atoms with Crippen molar-refractivity contribution in [2.45, 2.75) is 0 Å². The molecule has 4 nitrogen and oxygen atoms in total. The Balaban J connectivity index is 2.88. The molecule has 0 atom stereocenters. The van der Waals surface area contributed by atoms with E-state index in [-0.39, 0.29) is 0 Å². The van der Waals surface area contributed by atoms with E-state index >= 15 is 0 Å². The lowest BCUT2D eigenvalue weighted by Gasteiger charge is -1.74. The molecule has 2 rings (SSSR count). The molecule has 10 heavy (non-hydrogen) atoms. The van der Waals surface area contributed by atoms with Crippen LogP contribution >= 0.6 is 0 Å². The quantitative estimate of drug-likeness (QED) is 0.639. The summed E-state index contributed by atoms with van der Waals surface area (Å²) in [6.07, 6.45) is 3.19. The zero-order chi connectivity index (χ0) is 6.97. The minimum atomic E-state index is 0.662. The number of rotatable bonds is 1. The van der Waals surface area contributed by atoms with E-state index in [4.69, 9.17) is 4.52 Å². The van der Waals surface area contributed by atoms with E-state index in [1.807, 2.05) is 0 Å². The van der Waals surface area contributed by atoms with Crippen molar-refractivity contribution >= 4 is 17.2 Å². The van der Waals surface area contributed by atoms with Crippen LogP contribution in [0.4, 0.5) is 0 Å². The van der Waals surface area contributed by atoms with Crippen LogP contribution in [0.2, 0.25) is 0 Å². The van der Waals surface area contributed by atoms with Crippen molar-refractivity contribution in [1.82, 2.24) is 15.4 Å². The van der Waals surface area contributed by atoms with Crippen molar-refractivity contribution in [3.8, 4) is 0 Å². The first-order chi connectivity index (χ1) is 4.92. The van der Waals surface area contributed by atoms with Crippen molar-refractivity contribution in [3.05, 3.63) is 18.5 Å². The number of hydrogen-bond donors (Lipinski definition) is 1. The molecule has 2 aromatic rings. The van der Waals surface area contributed by atoms with E-state index in [0.717, 1.165) is 5.52 Å². The fourth-order valence-corrected chi connectivity index (χ4v) is 0.811. The highest BCUT2D eigenvalue weighted by molar-refractivity contribution is 5.79. The summed E-state index contributed by atoms with van der Waals surface area (Å²) >= 11 is 0. The number of aromatic amines is 1. The lowest BCUT2D eigenvalue weighted by Crippen LogP contribution is -1.71. The first kappa shape index (κ1) is 5.22. The van der Waals surface area contributed by atoms with Gasteiger partial charge in [0.25, 0.3) is 0 Å². The van der Waals surface area contributed by atoms with Crippen LogP contribution in [0.25, 0.3) is 17.2 Å². The van der Waals surface area contributed by atoms with Crippen LogP contribution in [0, 0.1) is 0 Å². The lowest BCUT2D eigenvalue weighted by molar-refractivity contribution is 0.454. The number of hydrogen-bond acceptors (Lipinski definition) is 3. The van der Waals surface area contributed by atoms with Crippen molar-refractivity contribution < 1.29 is 4.52 Å². The average molecular weight is 135 g/mol. The summed E-state index contributed by atoms with van der Waals surface area (Å²) in [5, 5.41) is 10.2. The fourth-order valence-electron chi connectivity index (χ4n) is 0.811. The number of H-pyrrole nitrogens is 1. The summed E-state index contributed by atoms with van der Waals surface area (Å²) in [6.45, 7) is 3.56. The Morgan fingerprint density at radius 3 is 3.40 bits per heavy atom. The van der Waals surface area contributed by atoms with Crippen LogP contribution in [0.15, 0.2) is 17.3 Å². The molecule has 0 amide bonds. The molecule has 0 saturated carbocycles. The number of aromatic nitrogens is 3. The topological polar surface area (TPSA) is 54.7 Å². The molecule has 0 radical (unpaired) electrons. The van der Waals surface area contributed by atoms with E-state index in [9.17, 15) is 0 Å². The van der Waals surface area contributed by atoms with E-state index in [0.29, 0.717) is 11.3 Å². The van der Waals surface area contributed by atoms with Gasteiger partial charge in [-0.3, -0.25) is 5.10 Å². The van der Waals surface area contributed by atoms with Crippen LogP contribution < -0.4 is 0 Å². The molecule has 0 aromatic carbocycles. The van der Waals surface area contributed by atoms with Gasteiger partial charge in [0.05, 0.1) is 6.20 Å². The average Bonchev–Trinajstić information content (AvgIpc) is 2.44. The highest BCUT2D eigenvalue weighted by Gasteiger charge is 2.04. The summed E-state index contributed by atoms with van der Waals surface area (Å²) in [6, 6.07) is 0. The van der Waals surface area contributed by atoms with Crippen molar-refractivity contribution in [2.75, 3.05) is 0 Å². The van der Waals surface area contributed by atoms with Crippen molar-refractivity contribution in [2.24, 2.45) is 0 Å². The van der Waals surface area contributed by atoms with E-state index in [2.05, 4.69) is 21.9 Å². The molecule has 0 saturated heterocycles. The van der Waals surface area contributed by atoms with E-state index in [1.54, 1.807) is 12.3 Å². The molecule has 0 unspecified atom stereocenters. The van der Waals surface area contributed by atoms with Gasteiger partial charge in [0.1, 0.15) is 11.2 Å². The second-order valence-electron chi connectivity index (χ2n) is 1.88. The molecule has 2 aromatic heterocycles. The van der Waals surface area contributed by atoms with Gasteiger partial charge in [0.15, 0.2) is 0 Å². The zero-order valence-corrected chi connectivity index (χ0v) is 5.16. The number of nitrogens with zero attached hydrogens (tertiary/aromatic N) is 2. The Hall–Kier alpha value is -1.58. The predicted octanol–water partition coefficient (Wildman–Crippen LogP) is 1.19. The molecule has 4 heteroatoms. The molecule has 0 aliphatic rings. The van der Waals surface area contributed by atoms with Crippen LogP contribution in [0.1, 0.15) is 5.69 Å². The van der Waals surface area contributed by atoms with Gasteiger partial charge < -0.3 is 4.52 Å². The molecule has 1 N–H and O–H groups in total. The summed E-state index contributed by atoms with van der Waals surface area (Å²) in [7, 11) is 0. The maximum Gasteiger partial charge on any atom is 0.205 e. The molecule has 0 aliphatic heterocycles. The second kappa shape index (κ2) is 1.70. The van der Waals surface area contributed by atoms with Gasteiger partial charge in [-0.15, -0.1) is 0 Å². The van der Waals surface area contributed by atoms with E-state index in [1.165, 1.54) is 0 Å². The van der Waals surface area contributed by atoms with Gasteiger partial charge in [-0.2, -0.15) is 5.10 Å². The van der Waals surface area contributed by atoms with Gasteiger partial charge in [0.2, 0.25) is 5.58 Å². The molecule has 0 spiro atoms. The molecule has 50 valence electrons. The maximum atomic E-state index is 4.86. The summed E-state index contributed by atoms with van der Waals surface area (Å²) in [4.78, 5) is 0. The monoisotopic (exact) mass is 135 g/mol. The highest BCUT2D eigenvalue weighted by atomic mass is 16.5. The highest BCUT2D eigenvalue weighted by Crippen LogP contribution is 2.14. The minimum absolute atomic E-state index is 0.662. The molecule has 0 bridgehead atoms. The van der Waals surface area contributed by atoms with Gasteiger partial charge in [-0.05, 0) is 6.08 Å². The predicted molar refractivity (Wildman–Crippen MR) is 36.2 cm³/mol. The number of nitrogens with one attached hydrogen (secondary N) is 1. The van der Waals surface area contributed by atoms with Gasteiger partial charge in [-0.1, -0.05) is 11.7 Å². The minimum Gasteiger partial charge on any atom is -0.352 e. The third-order valence-corrected chi connectivity index (χ3v) is 1.30. The van der Waals surface area contributed by atoms with Crippen LogP contribution in [-0.2, 0) is 0 Å². The number of fused-ring (bicyclic) bond motifs is 1. The Bertz CT molecular complexity index is 360. The van der Waals surface area contributed by atoms with Gasteiger partial charge in [-0.25, -0.2) is 0 Å². The summed E-state index contributed by atoms with van der Waals surface area (Å²) in [5.41, 5.74) is 2.16. The smallest absolute Gasteiger partial charge is 0.205 e. The molecular weight excluding hydrogens is 130 g/mol. The normalized spacial score (nSPS) is 10.4. The summed E-state index contributed by atoms with van der Waals surface area (Å²) in [5.74, 6) is 0. The van der Waals surface area contributed by atoms with Gasteiger partial charge >= 0.3 is 0 Å². The molecular formula is C6H5N3O. The zero-order valence-electron chi connectivity index (χ0n) is 5.16. The third kappa shape index (κ3) is 0.500.